The number of rotatable bonds is 6. The standard InChI is InChI=1S/C17H18FNO3S/c1-10-8-13(11(2)23-10)15(20)6-7-17(21)19-14-5-4-12(18)9-16(14)22-3/h4-5,8-9H,6-7H2,1-3H3,(H,19,21). The Morgan fingerprint density at radius 2 is 1.96 bits per heavy atom. The van der Waals surface area contributed by atoms with Crippen LogP contribution in [0.4, 0.5) is 10.1 Å². The van der Waals surface area contributed by atoms with Crippen LogP contribution in [0.3, 0.4) is 0 Å². The SMILES string of the molecule is COc1cc(F)ccc1NC(=O)CCC(=O)c1cc(C)sc1C. The zero-order chi connectivity index (χ0) is 17.0. The summed E-state index contributed by atoms with van der Waals surface area (Å²) in [6.45, 7) is 3.84. The largest absolute Gasteiger partial charge is 0.494 e. The first-order chi connectivity index (χ1) is 10.9. The first kappa shape index (κ1) is 17.1. The molecule has 2 aromatic rings. The molecule has 0 aliphatic carbocycles. The van der Waals surface area contributed by atoms with Crippen LogP contribution in [0.15, 0.2) is 24.3 Å². The summed E-state index contributed by atoms with van der Waals surface area (Å²) in [5, 5.41) is 2.64. The number of ketones is 1. The summed E-state index contributed by atoms with van der Waals surface area (Å²) in [6, 6.07) is 5.71. The summed E-state index contributed by atoms with van der Waals surface area (Å²) in [5.74, 6) is -0.562. The summed E-state index contributed by atoms with van der Waals surface area (Å²) in [4.78, 5) is 26.2. The van der Waals surface area contributed by atoms with Crippen molar-refractivity contribution in [1.29, 1.82) is 0 Å². The highest BCUT2D eigenvalue weighted by atomic mass is 32.1. The van der Waals surface area contributed by atoms with Gasteiger partial charge in [0.25, 0.3) is 0 Å². The molecular weight excluding hydrogens is 317 g/mol. The third-order valence-electron chi connectivity index (χ3n) is 3.36. The number of benzene rings is 1. The molecule has 0 spiro atoms. The molecule has 0 unspecified atom stereocenters. The van der Waals surface area contributed by atoms with Crippen molar-refractivity contribution in [3.8, 4) is 5.75 Å². The van der Waals surface area contributed by atoms with Crippen molar-refractivity contribution in [2.24, 2.45) is 0 Å². The van der Waals surface area contributed by atoms with Crippen molar-refractivity contribution in [1.82, 2.24) is 0 Å². The van der Waals surface area contributed by atoms with Gasteiger partial charge in [0.1, 0.15) is 11.6 Å². The topological polar surface area (TPSA) is 55.4 Å². The van der Waals surface area contributed by atoms with Crippen molar-refractivity contribution < 1.29 is 18.7 Å². The van der Waals surface area contributed by atoms with Gasteiger partial charge in [0, 0.05) is 34.2 Å². The minimum Gasteiger partial charge on any atom is -0.494 e. The van der Waals surface area contributed by atoms with Crippen LogP contribution in [-0.2, 0) is 4.79 Å². The molecular formula is C17H18FNO3S. The van der Waals surface area contributed by atoms with Gasteiger partial charge in [0.15, 0.2) is 5.78 Å². The van der Waals surface area contributed by atoms with Crippen LogP contribution in [0.2, 0.25) is 0 Å². The lowest BCUT2D eigenvalue weighted by Gasteiger charge is -2.10. The molecule has 0 saturated heterocycles. The lowest BCUT2D eigenvalue weighted by atomic mass is 10.1. The molecule has 1 heterocycles. The number of hydrogen-bond acceptors (Lipinski definition) is 4. The van der Waals surface area contributed by atoms with Gasteiger partial charge in [0.2, 0.25) is 5.91 Å². The smallest absolute Gasteiger partial charge is 0.224 e. The number of nitrogens with one attached hydrogen (secondary N) is 1. The van der Waals surface area contributed by atoms with E-state index >= 15 is 0 Å². The van der Waals surface area contributed by atoms with Gasteiger partial charge in [-0.1, -0.05) is 0 Å². The van der Waals surface area contributed by atoms with E-state index in [1.54, 1.807) is 11.3 Å². The highest BCUT2D eigenvalue weighted by Gasteiger charge is 2.15. The quantitative estimate of drug-likeness (QED) is 0.808. The monoisotopic (exact) mass is 335 g/mol. The Hall–Kier alpha value is -2.21. The number of Topliss-reactive ketones (excluding diaryl/α,β-unsaturated/α-hetero) is 1. The summed E-state index contributed by atoms with van der Waals surface area (Å²) >= 11 is 1.57. The highest BCUT2D eigenvalue weighted by Crippen LogP contribution is 2.25. The van der Waals surface area contributed by atoms with E-state index in [1.807, 2.05) is 19.9 Å². The lowest BCUT2D eigenvalue weighted by molar-refractivity contribution is -0.116. The molecule has 23 heavy (non-hydrogen) atoms. The number of aryl methyl sites for hydroxylation is 2. The molecule has 0 radical (unpaired) electrons. The van der Waals surface area contributed by atoms with Crippen molar-refractivity contribution >= 4 is 28.7 Å². The predicted molar refractivity (Wildman–Crippen MR) is 88.9 cm³/mol. The van der Waals surface area contributed by atoms with Gasteiger partial charge in [-0.3, -0.25) is 9.59 Å². The highest BCUT2D eigenvalue weighted by molar-refractivity contribution is 7.12. The lowest BCUT2D eigenvalue weighted by Crippen LogP contribution is -2.14. The number of carbonyl (C=O) groups excluding carboxylic acids is 2. The molecule has 122 valence electrons. The Morgan fingerprint density at radius 3 is 2.57 bits per heavy atom. The van der Waals surface area contributed by atoms with Crippen LogP contribution in [-0.4, -0.2) is 18.8 Å². The second-order valence-electron chi connectivity index (χ2n) is 5.14. The Labute approximate surface area is 138 Å². The molecule has 1 aromatic carbocycles. The fourth-order valence-corrected chi connectivity index (χ4v) is 3.19. The number of amides is 1. The van der Waals surface area contributed by atoms with Crippen LogP contribution in [0.25, 0.3) is 0 Å². The fraction of sp³-hybridized carbons (Fsp3) is 0.294. The van der Waals surface area contributed by atoms with Gasteiger partial charge in [-0.05, 0) is 32.0 Å². The van der Waals surface area contributed by atoms with E-state index in [9.17, 15) is 14.0 Å². The maximum absolute atomic E-state index is 13.1. The number of ether oxygens (including phenoxy) is 1. The van der Waals surface area contributed by atoms with Crippen LogP contribution >= 0.6 is 11.3 Å². The molecule has 0 saturated carbocycles. The Kier molecular flexibility index (Phi) is 5.50. The molecule has 2 rings (SSSR count). The van der Waals surface area contributed by atoms with Gasteiger partial charge in [-0.25, -0.2) is 4.39 Å². The van der Waals surface area contributed by atoms with Crippen molar-refractivity contribution in [2.45, 2.75) is 26.7 Å². The molecule has 1 N–H and O–H groups in total. The zero-order valence-electron chi connectivity index (χ0n) is 13.2. The van der Waals surface area contributed by atoms with Crippen LogP contribution in [0.1, 0.15) is 33.0 Å². The molecule has 0 aliphatic rings. The summed E-state index contributed by atoms with van der Waals surface area (Å²) < 4.78 is 18.1. The first-order valence-electron chi connectivity index (χ1n) is 7.14. The van der Waals surface area contributed by atoms with E-state index in [4.69, 9.17) is 4.74 Å². The van der Waals surface area contributed by atoms with Crippen LogP contribution in [0.5, 0.6) is 5.75 Å². The molecule has 0 aliphatic heterocycles. The zero-order valence-corrected chi connectivity index (χ0v) is 14.1. The predicted octanol–water partition coefficient (Wildman–Crippen LogP) is 4.11. The minimum absolute atomic E-state index is 0.0481. The average Bonchev–Trinajstić information content (AvgIpc) is 2.85. The first-order valence-corrected chi connectivity index (χ1v) is 7.96. The maximum Gasteiger partial charge on any atom is 0.224 e. The summed E-state index contributed by atoms with van der Waals surface area (Å²) in [6.07, 6.45) is 0.194. The van der Waals surface area contributed by atoms with Gasteiger partial charge in [-0.2, -0.15) is 0 Å². The Morgan fingerprint density at radius 1 is 1.22 bits per heavy atom. The molecule has 0 fully saturated rings. The Bertz CT molecular complexity index is 739. The molecule has 4 nitrogen and oxygen atoms in total. The van der Waals surface area contributed by atoms with Gasteiger partial charge in [0.05, 0.1) is 12.8 Å². The number of hydrogen-bond donors (Lipinski definition) is 1. The number of methoxy groups -OCH3 is 1. The second kappa shape index (κ2) is 7.37. The van der Waals surface area contributed by atoms with Gasteiger partial charge < -0.3 is 10.1 Å². The summed E-state index contributed by atoms with van der Waals surface area (Å²) in [7, 11) is 1.40. The van der Waals surface area contributed by atoms with E-state index < -0.39 is 5.82 Å². The number of thiophene rings is 1. The van der Waals surface area contributed by atoms with E-state index in [1.165, 1.54) is 25.3 Å². The fourth-order valence-electron chi connectivity index (χ4n) is 2.25. The van der Waals surface area contributed by atoms with Crippen molar-refractivity contribution in [3.05, 3.63) is 45.4 Å². The number of carbonyl (C=O) groups is 2. The average molecular weight is 335 g/mol. The third kappa shape index (κ3) is 4.39. The Balaban J connectivity index is 1.95. The molecule has 0 bridgehead atoms. The van der Waals surface area contributed by atoms with Crippen LogP contribution in [0, 0.1) is 19.7 Å². The maximum atomic E-state index is 13.1. The normalized spacial score (nSPS) is 10.4. The number of halogens is 1. The van der Waals surface area contributed by atoms with E-state index in [2.05, 4.69) is 5.32 Å². The summed E-state index contributed by atoms with van der Waals surface area (Å²) in [5.41, 5.74) is 1.06. The van der Waals surface area contributed by atoms with Crippen molar-refractivity contribution in [2.75, 3.05) is 12.4 Å². The third-order valence-corrected chi connectivity index (χ3v) is 4.32. The van der Waals surface area contributed by atoms with Gasteiger partial charge in [-0.15, -0.1) is 11.3 Å². The molecule has 6 heteroatoms. The van der Waals surface area contributed by atoms with Crippen molar-refractivity contribution in [3.63, 3.8) is 0 Å². The minimum atomic E-state index is -0.446. The number of anilines is 1. The molecule has 1 aromatic heterocycles. The van der Waals surface area contributed by atoms with Gasteiger partial charge >= 0.3 is 0 Å². The molecule has 1 amide bonds. The molecule has 0 atom stereocenters. The van der Waals surface area contributed by atoms with Crippen LogP contribution < -0.4 is 10.1 Å². The van der Waals surface area contributed by atoms with E-state index in [0.717, 1.165) is 9.75 Å². The van der Waals surface area contributed by atoms with E-state index in [0.29, 0.717) is 11.3 Å². The van der Waals surface area contributed by atoms with E-state index in [-0.39, 0.29) is 30.3 Å². The second-order valence-corrected chi connectivity index (χ2v) is 6.60.